The smallest absolute Gasteiger partial charge is 0.119 e. The van der Waals surface area contributed by atoms with Crippen molar-refractivity contribution >= 4 is 0 Å². The third-order valence-electron chi connectivity index (χ3n) is 4.42. The van der Waals surface area contributed by atoms with Crippen LogP contribution < -0.4 is 10.5 Å². The van der Waals surface area contributed by atoms with Gasteiger partial charge in [0.25, 0.3) is 0 Å². The molecule has 3 rings (SSSR count). The predicted molar refractivity (Wildman–Crippen MR) is 86.1 cm³/mol. The van der Waals surface area contributed by atoms with E-state index in [2.05, 4.69) is 24.3 Å². The number of benzene rings is 2. The van der Waals surface area contributed by atoms with Gasteiger partial charge in [0.05, 0.1) is 0 Å². The molecule has 0 saturated heterocycles. The minimum atomic E-state index is 0.177. The van der Waals surface area contributed by atoms with Crippen molar-refractivity contribution in [1.29, 1.82) is 0 Å². The predicted octanol–water partition coefficient (Wildman–Crippen LogP) is 4.46. The van der Waals surface area contributed by atoms with Gasteiger partial charge in [-0.2, -0.15) is 0 Å². The van der Waals surface area contributed by atoms with E-state index in [0.29, 0.717) is 12.5 Å². The summed E-state index contributed by atoms with van der Waals surface area (Å²) in [5, 5.41) is 0. The normalized spacial score (nSPS) is 16.8. The summed E-state index contributed by atoms with van der Waals surface area (Å²) >= 11 is 0. The minimum absolute atomic E-state index is 0.177. The van der Waals surface area contributed by atoms with E-state index in [4.69, 9.17) is 10.5 Å². The van der Waals surface area contributed by atoms with Crippen LogP contribution in [0.1, 0.15) is 42.9 Å². The van der Waals surface area contributed by atoms with E-state index in [9.17, 15) is 0 Å². The summed E-state index contributed by atoms with van der Waals surface area (Å²) in [4.78, 5) is 0. The second kappa shape index (κ2) is 6.77. The maximum absolute atomic E-state index is 6.37. The largest absolute Gasteiger partial charge is 0.489 e. The monoisotopic (exact) mass is 281 g/mol. The Kier molecular flexibility index (Phi) is 4.56. The topological polar surface area (TPSA) is 35.2 Å². The van der Waals surface area contributed by atoms with E-state index in [-0.39, 0.29) is 6.04 Å². The van der Waals surface area contributed by atoms with Gasteiger partial charge in [-0.25, -0.2) is 0 Å². The van der Waals surface area contributed by atoms with Gasteiger partial charge in [0, 0.05) is 6.04 Å². The van der Waals surface area contributed by atoms with Crippen molar-refractivity contribution in [3.8, 4) is 5.75 Å². The van der Waals surface area contributed by atoms with Crippen molar-refractivity contribution in [3.63, 3.8) is 0 Å². The lowest BCUT2D eigenvalue weighted by molar-refractivity contribution is 0.306. The molecule has 0 aliphatic heterocycles. The Balaban J connectivity index is 1.58. The molecule has 21 heavy (non-hydrogen) atoms. The van der Waals surface area contributed by atoms with Crippen molar-refractivity contribution < 1.29 is 4.74 Å². The molecule has 2 N–H and O–H groups in total. The fourth-order valence-corrected chi connectivity index (χ4v) is 3.12. The Labute approximate surface area is 126 Å². The number of hydrogen-bond donors (Lipinski definition) is 1. The first-order valence-corrected chi connectivity index (χ1v) is 7.85. The Bertz CT molecular complexity index is 544. The van der Waals surface area contributed by atoms with Crippen molar-refractivity contribution in [3.05, 3.63) is 65.7 Å². The standard InChI is InChI=1S/C19H23NO/c20-19(16-8-4-5-9-16)17-10-12-18(13-11-17)21-14-15-6-2-1-3-7-15/h1-3,6-7,10-13,16,19H,4-5,8-9,14,20H2/t19-/m0/s1. The maximum Gasteiger partial charge on any atom is 0.119 e. The molecule has 0 amide bonds. The van der Waals surface area contributed by atoms with Gasteiger partial charge in [-0.1, -0.05) is 55.3 Å². The van der Waals surface area contributed by atoms with Crippen molar-refractivity contribution in [2.24, 2.45) is 11.7 Å². The summed E-state index contributed by atoms with van der Waals surface area (Å²) in [7, 11) is 0. The number of nitrogens with two attached hydrogens (primary N) is 1. The second-order valence-electron chi connectivity index (χ2n) is 5.91. The van der Waals surface area contributed by atoms with Crippen molar-refractivity contribution in [1.82, 2.24) is 0 Å². The molecule has 0 unspecified atom stereocenters. The molecule has 2 heteroatoms. The summed E-state index contributed by atoms with van der Waals surface area (Å²) in [5.74, 6) is 1.56. The highest BCUT2D eigenvalue weighted by Crippen LogP contribution is 2.34. The highest BCUT2D eigenvalue weighted by molar-refractivity contribution is 5.30. The molecule has 1 saturated carbocycles. The van der Waals surface area contributed by atoms with Crippen LogP contribution in [-0.4, -0.2) is 0 Å². The lowest BCUT2D eigenvalue weighted by atomic mass is 9.92. The first-order valence-electron chi connectivity index (χ1n) is 7.85. The quantitative estimate of drug-likeness (QED) is 0.878. The van der Waals surface area contributed by atoms with Crippen molar-refractivity contribution in [2.75, 3.05) is 0 Å². The fraction of sp³-hybridized carbons (Fsp3) is 0.368. The first-order chi connectivity index (χ1) is 10.3. The Morgan fingerprint density at radius 1 is 0.952 bits per heavy atom. The Morgan fingerprint density at radius 2 is 1.62 bits per heavy atom. The number of rotatable bonds is 5. The summed E-state index contributed by atoms with van der Waals surface area (Å²) in [6.45, 7) is 0.606. The number of ether oxygens (including phenoxy) is 1. The molecule has 1 atom stereocenters. The molecule has 1 aliphatic carbocycles. The highest BCUT2D eigenvalue weighted by Gasteiger charge is 2.22. The van der Waals surface area contributed by atoms with Crippen LogP contribution in [0.5, 0.6) is 5.75 Å². The van der Waals surface area contributed by atoms with E-state index in [1.165, 1.54) is 36.8 Å². The van der Waals surface area contributed by atoms with Gasteiger partial charge in [0.1, 0.15) is 12.4 Å². The minimum Gasteiger partial charge on any atom is -0.489 e. The van der Waals surface area contributed by atoms with E-state index >= 15 is 0 Å². The maximum atomic E-state index is 6.37. The third kappa shape index (κ3) is 3.64. The van der Waals surface area contributed by atoms with Gasteiger partial charge in [0.2, 0.25) is 0 Å². The van der Waals surface area contributed by atoms with Crippen molar-refractivity contribution in [2.45, 2.75) is 38.3 Å². The molecular weight excluding hydrogens is 258 g/mol. The van der Waals surface area contributed by atoms with Crippen LogP contribution in [-0.2, 0) is 6.61 Å². The molecule has 0 bridgehead atoms. The molecule has 0 heterocycles. The van der Waals surface area contributed by atoms with Gasteiger partial charge >= 0.3 is 0 Å². The zero-order valence-electron chi connectivity index (χ0n) is 12.4. The molecule has 2 nitrogen and oxygen atoms in total. The van der Waals surface area contributed by atoms with E-state index in [1.807, 2.05) is 30.3 Å². The molecule has 2 aromatic rings. The van der Waals surface area contributed by atoms with Gasteiger partial charge in [-0.15, -0.1) is 0 Å². The number of hydrogen-bond acceptors (Lipinski definition) is 2. The average molecular weight is 281 g/mol. The first kappa shape index (κ1) is 14.2. The lowest BCUT2D eigenvalue weighted by Gasteiger charge is -2.19. The van der Waals surface area contributed by atoms with Gasteiger partial charge in [-0.3, -0.25) is 0 Å². The van der Waals surface area contributed by atoms with E-state index in [1.54, 1.807) is 0 Å². The van der Waals surface area contributed by atoms with Crippen LogP contribution in [0, 0.1) is 5.92 Å². The lowest BCUT2D eigenvalue weighted by Crippen LogP contribution is -2.18. The summed E-state index contributed by atoms with van der Waals surface area (Å²) in [6, 6.07) is 18.7. The van der Waals surface area contributed by atoms with Crippen LogP contribution in [0.15, 0.2) is 54.6 Å². The van der Waals surface area contributed by atoms with Crippen LogP contribution in [0.2, 0.25) is 0 Å². The molecule has 0 radical (unpaired) electrons. The fourth-order valence-electron chi connectivity index (χ4n) is 3.12. The molecule has 0 spiro atoms. The average Bonchev–Trinajstić information content (AvgIpc) is 3.08. The second-order valence-corrected chi connectivity index (χ2v) is 5.91. The van der Waals surface area contributed by atoms with Crippen LogP contribution in [0.3, 0.4) is 0 Å². The Morgan fingerprint density at radius 3 is 2.29 bits per heavy atom. The van der Waals surface area contributed by atoms with Gasteiger partial charge in [-0.05, 0) is 42.0 Å². The third-order valence-corrected chi connectivity index (χ3v) is 4.42. The van der Waals surface area contributed by atoms with Gasteiger partial charge < -0.3 is 10.5 Å². The molecule has 110 valence electrons. The molecular formula is C19H23NO. The highest BCUT2D eigenvalue weighted by atomic mass is 16.5. The van der Waals surface area contributed by atoms with Crippen LogP contribution >= 0.6 is 0 Å². The van der Waals surface area contributed by atoms with Crippen LogP contribution in [0.25, 0.3) is 0 Å². The van der Waals surface area contributed by atoms with E-state index < -0.39 is 0 Å². The summed E-state index contributed by atoms with van der Waals surface area (Å²) < 4.78 is 5.81. The summed E-state index contributed by atoms with van der Waals surface area (Å²) in [5.41, 5.74) is 8.79. The summed E-state index contributed by atoms with van der Waals surface area (Å²) in [6.07, 6.45) is 5.20. The SMILES string of the molecule is N[C@H](c1ccc(OCc2ccccc2)cc1)C1CCCC1. The zero-order chi connectivity index (χ0) is 14.5. The van der Waals surface area contributed by atoms with Gasteiger partial charge in [0.15, 0.2) is 0 Å². The zero-order valence-corrected chi connectivity index (χ0v) is 12.4. The molecule has 2 aromatic carbocycles. The molecule has 1 aliphatic rings. The Hall–Kier alpha value is -1.80. The van der Waals surface area contributed by atoms with E-state index in [0.717, 1.165) is 5.75 Å². The van der Waals surface area contributed by atoms with Crippen LogP contribution in [0.4, 0.5) is 0 Å². The molecule has 0 aromatic heterocycles. The molecule has 1 fully saturated rings.